The van der Waals surface area contributed by atoms with Gasteiger partial charge in [-0.15, -0.1) is 0 Å². The van der Waals surface area contributed by atoms with E-state index in [1.807, 2.05) is 0 Å². The van der Waals surface area contributed by atoms with Crippen molar-refractivity contribution in [2.45, 2.75) is 11.8 Å². The number of aromatic nitrogens is 2. The van der Waals surface area contributed by atoms with Crippen molar-refractivity contribution < 1.29 is 0 Å². The van der Waals surface area contributed by atoms with Crippen LogP contribution in [0.1, 0.15) is 45.2 Å². The summed E-state index contributed by atoms with van der Waals surface area (Å²) in [5.41, 5.74) is 15.9. The molecule has 304 valence electrons. The van der Waals surface area contributed by atoms with Gasteiger partial charge in [0.25, 0.3) is 0 Å². The topological polar surface area (TPSA) is 9.86 Å². The predicted molar refractivity (Wildman–Crippen MR) is 274 cm³/mol. The minimum Gasteiger partial charge on any atom is -0.309 e. The average molecular weight is 843 g/mol. The molecule has 2 bridgehead atoms. The third-order valence-electron chi connectivity index (χ3n) is 14.8. The maximum Gasteiger partial charge on any atom is 0.179 e. The summed E-state index contributed by atoms with van der Waals surface area (Å²) in [7, 11) is -2.75. The fraction of sp³-hybridized carbons (Fsp3) is 0.0323. The number of fused-ring (bicyclic) bond motifs is 6. The summed E-state index contributed by atoms with van der Waals surface area (Å²) in [6.45, 7) is 0. The van der Waals surface area contributed by atoms with Crippen LogP contribution in [0.5, 0.6) is 0 Å². The molecule has 2 aromatic heterocycles. The molecule has 2 nitrogen and oxygen atoms in total. The van der Waals surface area contributed by atoms with Crippen LogP contribution in [0.4, 0.5) is 0 Å². The molecule has 10 aromatic carbocycles. The van der Waals surface area contributed by atoms with E-state index in [-0.39, 0.29) is 11.8 Å². The molecule has 0 radical (unpaired) electrons. The Bertz CT molecular complexity index is 3700. The fourth-order valence-electron chi connectivity index (χ4n) is 12.3. The van der Waals surface area contributed by atoms with Gasteiger partial charge in [-0.25, -0.2) is 0 Å². The maximum atomic E-state index is 2.52. The Kier molecular flexibility index (Phi) is 7.87. The van der Waals surface area contributed by atoms with E-state index in [1.165, 1.54) is 109 Å². The lowest BCUT2D eigenvalue weighted by Crippen LogP contribution is -2.74. The average Bonchev–Trinajstić information content (AvgIpc) is 3.90. The molecule has 12 aromatic rings. The summed E-state index contributed by atoms with van der Waals surface area (Å²) in [5.74, 6) is 0.421. The first kappa shape index (κ1) is 36.5. The summed E-state index contributed by atoms with van der Waals surface area (Å²) in [6.07, 6.45) is 0. The summed E-state index contributed by atoms with van der Waals surface area (Å²) in [4.78, 5) is 0. The zero-order chi connectivity index (χ0) is 42.6. The number of para-hydroxylation sites is 2. The molecule has 0 N–H and O–H groups in total. The second kappa shape index (κ2) is 14.0. The van der Waals surface area contributed by atoms with Gasteiger partial charge in [0, 0.05) is 44.8 Å². The fourth-order valence-corrected chi connectivity index (χ4v) is 17.1. The highest BCUT2D eigenvalue weighted by Crippen LogP contribution is 2.58. The first-order valence-electron chi connectivity index (χ1n) is 22.8. The van der Waals surface area contributed by atoms with Gasteiger partial charge < -0.3 is 9.13 Å². The maximum absolute atomic E-state index is 2.75. The SMILES string of the molecule is c1ccc([Si](c2ccccc2)(c2ccccc2)c2cccc(-n3c4ccccc4c4cc(-n5c6ccccc6c6c7c(ccc65)C5c6ccccc6C7c6ccccc65)ccc43)c2)cc1. The molecule has 0 unspecified atom stereocenters. The molecule has 3 aliphatic rings. The minimum atomic E-state index is -2.75. The van der Waals surface area contributed by atoms with Gasteiger partial charge in [0.1, 0.15) is 0 Å². The van der Waals surface area contributed by atoms with Crippen LogP contribution in [-0.2, 0) is 0 Å². The molecule has 0 aliphatic heterocycles. The molecular formula is C62H42N2Si. The van der Waals surface area contributed by atoms with E-state index < -0.39 is 8.07 Å². The Morgan fingerprint density at radius 2 is 0.723 bits per heavy atom. The van der Waals surface area contributed by atoms with Crippen molar-refractivity contribution in [1.29, 1.82) is 0 Å². The molecule has 0 atom stereocenters. The van der Waals surface area contributed by atoms with Crippen molar-refractivity contribution in [3.63, 3.8) is 0 Å². The molecule has 65 heavy (non-hydrogen) atoms. The van der Waals surface area contributed by atoms with E-state index in [4.69, 9.17) is 0 Å². The third kappa shape index (κ3) is 5.04. The van der Waals surface area contributed by atoms with E-state index in [9.17, 15) is 0 Å². The lowest BCUT2D eigenvalue weighted by Gasteiger charge is -2.42. The number of rotatable bonds is 6. The highest BCUT2D eigenvalue weighted by Gasteiger charge is 2.43. The second-order valence-electron chi connectivity index (χ2n) is 17.9. The van der Waals surface area contributed by atoms with Crippen molar-refractivity contribution in [1.82, 2.24) is 9.13 Å². The molecule has 0 fully saturated rings. The summed E-state index contributed by atoms with van der Waals surface area (Å²) >= 11 is 0. The molecule has 15 rings (SSSR count). The summed E-state index contributed by atoms with van der Waals surface area (Å²) in [5, 5.41) is 10.6. The normalized spacial score (nSPS) is 15.1. The molecule has 3 heteroatoms. The molecule has 0 saturated carbocycles. The van der Waals surface area contributed by atoms with E-state index in [0.717, 1.165) is 0 Å². The van der Waals surface area contributed by atoms with Crippen LogP contribution in [0.15, 0.2) is 243 Å². The van der Waals surface area contributed by atoms with E-state index in [2.05, 4.69) is 252 Å². The quantitative estimate of drug-likeness (QED) is 0.117. The van der Waals surface area contributed by atoms with E-state index in [0.29, 0.717) is 0 Å². The number of hydrogen-bond donors (Lipinski definition) is 0. The lowest BCUT2D eigenvalue weighted by atomic mass is 9.60. The van der Waals surface area contributed by atoms with Gasteiger partial charge in [-0.05, 0) is 103 Å². The highest BCUT2D eigenvalue weighted by atomic mass is 28.3. The molecule has 0 amide bonds. The number of hydrogen-bond acceptors (Lipinski definition) is 0. The van der Waals surface area contributed by atoms with Crippen LogP contribution < -0.4 is 20.7 Å². The smallest absolute Gasteiger partial charge is 0.179 e. The molecule has 3 aliphatic carbocycles. The van der Waals surface area contributed by atoms with Crippen LogP contribution in [-0.4, -0.2) is 17.2 Å². The first-order valence-corrected chi connectivity index (χ1v) is 24.8. The van der Waals surface area contributed by atoms with Gasteiger partial charge >= 0.3 is 0 Å². The number of nitrogens with zero attached hydrogens (tertiary/aromatic N) is 2. The molecule has 2 heterocycles. The van der Waals surface area contributed by atoms with Crippen molar-refractivity contribution in [2.75, 3.05) is 0 Å². The lowest BCUT2D eigenvalue weighted by molar-refractivity contribution is 0.761. The summed E-state index contributed by atoms with van der Waals surface area (Å²) in [6, 6.07) is 91.4. The first-order chi connectivity index (χ1) is 32.3. The Morgan fingerprint density at radius 3 is 1.34 bits per heavy atom. The van der Waals surface area contributed by atoms with Crippen LogP contribution in [0.3, 0.4) is 0 Å². The summed E-state index contributed by atoms with van der Waals surface area (Å²) < 4.78 is 5.02. The van der Waals surface area contributed by atoms with E-state index in [1.54, 1.807) is 0 Å². The van der Waals surface area contributed by atoms with Crippen LogP contribution in [0.25, 0.3) is 55.0 Å². The van der Waals surface area contributed by atoms with Gasteiger partial charge in [0.2, 0.25) is 0 Å². The Morgan fingerprint density at radius 1 is 0.277 bits per heavy atom. The number of benzene rings is 10. The van der Waals surface area contributed by atoms with Gasteiger partial charge in [0.05, 0.1) is 22.1 Å². The molecular weight excluding hydrogens is 801 g/mol. The van der Waals surface area contributed by atoms with E-state index >= 15 is 0 Å². The van der Waals surface area contributed by atoms with Crippen LogP contribution in [0, 0.1) is 0 Å². The van der Waals surface area contributed by atoms with Crippen LogP contribution >= 0.6 is 0 Å². The highest BCUT2D eigenvalue weighted by molar-refractivity contribution is 7.19. The van der Waals surface area contributed by atoms with Crippen LogP contribution in [0.2, 0.25) is 0 Å². The molecule has 0 saturated heterocycles. The Balaban J connectivity index is 0.987. The van der Waals surface area contributed by atoms with Gasteiger partial charge in [-0.2, -0.15) is 0 Å². The third-order valence-corrected chi connectivity index (χ3v) is 19.6. The van der Waals surface area contributed by atoms with Gasteiger partial charge in [-0.3, -0.25) is 0 Å². The van der Waals surface area contributed by atoms with Crippen molar-refractivity contribution in [3.8, 4) is 11.4 Å². The van der Waals surface area contributed by atoms with Crippen molar-refractivity contribution in [3.05, 3.63) is 276 Å². The van der Waals surface area contributed by atoms with Crippen molar-refractivity contribution >= 4 is 72.4 Å². The monoisotopic (exact) mass is 842 g/mol. The minimum absolute atomic E-state index is 0.189. The zero-order valence-electron chi connectivity index (χ0n) is 35.6. The Labute approximate surface area is 378 Å². The predicted octanol–water partition coefficient (Wildman–Crippen LogP) is 12.2. The second-order valence-corrected chi connectivity index (χ2v) is 21.7. The Hall–Kier alpha value is -7.98. The molecule has 0 spiro atoms. The van der Waals surface area contributed by atoms with Crippen molar-refractivity contribution in [2.24, 2.45) is 0 Å². The zero-order valence-corrected chi connectivity index (χ0v) is 36.6. The standard InChI is InChI=1S/C62H42N2Si/c1-4-20-43(21-5-1)65(44-22-6-2-7-23-44,45-24-8-3-9-25-45)46-26-18-19-41(39-46)63-55-33-16-14-27-47(55)54-40-42(35-37-57(54)63)64-56-34-17-15-32-52(56)61-58(64)38-36-53-59-48-28-10-12-30-50(48)60(62(53)61)51-31-13-11-29-49(51)59/h1-40,59-60H. The largest absolute Gasteiger partial charge is 0.309 e. The van der Waals surface area contributed by atoms with Gasteiger partial charge in [-0.1, -0.05) is 194 Å². The van der Waals surface area contributed by atoms with Gasteiger partial charge in [0.15, 0.2) is 8.07 Å².